The fraction of sp³-hybridized carbons (Fsp3) is 0.385. The summed E-state index contributed by atoms with van der Waals surface area (Å²) in [6.07, 6.45) is 1.13. The first-order valence-electron chi connectivity index (χ1n) is 5.48. The molecule has 0 aromatic heterocycles. The molecule has 1 rings (SSSR count). The molecule has 1 unspecified atom stereocenters. The maximum atomic E-state index is 11.4. The van der Waals surface area contributed by atoms with E-state index in [-0.39, 0.29) is 0 Å². The molecule has 0 N–H and O–H groups in total. The van der Waals surface area contributed by atoms with Crippen LogP contribution in [0.3, 0.4) is 0 Å². The van der Waals surface area contributed by atoms with Gasteiger partial charge < -0.3 is 4.74 Å². The van der Waals surface area contributed by atoms with Gasteiger partial charge in [-0.1, -0.05) is 23.7 Å². The largest absolute Gasteiger partial charge is 0.465 e. The molecule has 1 aromatic carbocycles. The third-order valence-electron chi connectivity index (χ3n) is 2.36. The highest BCUT2D eigenvalue weighted by Crippen LogP contribution is 2.14. The highest BCUT2D eigenvalue weighted by Gasteiger charge is 2.18. The summed E-state index contributed by atoms with van der Waals surface area (Å²) in [7, 11) is 0. The zero-order valence-corrected chi connectivity index (χ0v) is 10.4. The van der Waals surface area contributed by atoms with Crippen LogP contribution in [0.2, 0.25) is 5.02 Å². The Morgan fingerprint density at radius 3 is 2.65 bits per heavy atom. The van der Waals surface area contributed by atoms with Crippen LogP contribution in [0, 0.1) is 17.2 Å². The normalized spacial score (nSPS) is 11.6. The Kier molecular flexibility index (Phi) is 5.51. The number of rotatable bonds is 5. The molecule has 0 aliphatic carbocycles. The van der Waals surface area contributed by atoms with Crippen molar-refractivity contribution in [3.63, 3.8) is 0 Å². The number of aryl methyl sites for hydroxylation is 1. The van der Waals surface area contributed by atoms with E-state index in [1.165, 1.54) is 0 Å². The van der Waals surface area contributed by atoms with E-state index in [1.807, 2.05) is 18.2 Å². The summed E-state index contributed by atoms with van der Waals surface area (Å²) < 4.78 is 4.82. The summed E-state index contributed by atoms with van der Waals surface area (Å²) in [5, 5.41) is 9.55. The van der Waals surface area contributed by atoms with Crippen LogP contribution < -0.4 is 0 Å². The number of hydrogen-bond donors (Lipinski definition) is 0. The van der Waals surface area contributed by atoms with Crippen LogP contribution in [-0.2, 0) is 16.0 Å². The van der Waals surface area contributed by atoms with E-state index in [0.717, 1.165) is 5.56 Å². The molecule has 0 aliphatic heterocycles. The van der Waals surface area contributed by atoms with Gasteiger partial charge in [0.2, 0.25) is 0 Å². The van der Waals surface area contributed by atoms with Crippen LogP contribution in [0.15, 0.2) is 24.3 Å². The fourth-order valence-corrected chi connectivity index (χ4v) is 1.57. The van der Waals surface area contributed by atoms with E-state index in [0.29, 0.717) is 24.5 Å². The Morgan fingerprint density at radius 2 is 2.12 bits per heavy atom. The predicted molar refractivity (Wildman–Crippen MR) is 65.5 cm³/mol. The van der Waals surface area contributed by atoms with Crippen molar-refractivity contribution in [1.29, 1.82) is 5.26 Å². The molecule has 0 spiro atoms. The maximum absolute atomic E-state index is 11.4. The van der Waals surface area contributed by atoms with Gasteiger partial charge in [0.15, 0.2) is 0 Å². The molecule has 1 aromatic rings. The van der Waals surface area contributed by atoms with Crippen LogP contribution in [-0.4, -0.2) is 12.6 Å². The van der Waals surface area contributed by atoms with Gasteiger partial charge in [-0.3, -0.25) is 4.79 Å². The topological polar surface area (TPSA) is 50.1 Å². The number of hydrogen-bond acceptors (Lipinski definition) is 3. The lowest BCUT2D eigenvalue weighted by Crippen LogP contribution is -2.16. The number of carbonyl (C=O) groups is 1. The minimum Gasteiger partial charge on any atom is -0.465 e. The van der Waals surface area contributed by atoms with Crippen molar-refractivity contribution < 1.29 is 9.53 Å². The van der Waals surface area contributed by atoms with Crippen molar-refractivity contribution in [2.45, 2.75) is 19.8 Å². The summed E-state index contributed by atoms with van der Waals surface area (Å²) in [6.45, 7) is 2.03. The fourth-order valence-electron chi connectivity index (χ4n) is 1.44. The molecule has 0 saturated heterocycles. The van der Waals surface area contributed by atoms with Crippen molar-refractivity contribution >= 4 is 17.6 Å². The summed E-state index contributed by atoms with van der Waals surface area (Å²) in [4.78, 5) is 11.4. The van der Waals surface area contributed by atoms with Crippen LogP contribution >= 0.6 is 11.6 Å². The lowest BCUT2D eigenvalue weighted by molar-refractivity contribution is -0.146. The molecule has 0 saturated carbocycles. The number of benzene rings is 1. The highest BCUT2D eigenvalue weighted by atomic mass is 35.5. The lowest BCUT2D eigenvalue weighted by Gasteiger charge is -2.08. The average Bonchev–Trinajstić information content (AvgIpc) is 2.32. The van der Waals surface area contributed by atoms with Gasteiger partial charge in [0.05, 0.1) is 12.7 Å². The van der Waals surface area contributed by atoms with Crippen molar-refractivity contribution in [3.05, 3.63) is 34.9 Å². The van der Waals surface area contributed by atoms with E-state index in [9.17, 15) is 4.79 Å². The molecule has 0 heterocycles. The number of halogens is 1. The number of carbonyl (C=O) groups excluding carboxylic acids is 1. The summed E-state index contributed by atoms with van der Waals surface area (Å²) >= 11 is 5.77. The van der Waals surface area contributed by atoms with Crippen molar-refractivity contribution in [3.8, 4) is 6.07 Å². The smallest absolute Gasteiger partial charge is 0.323 e. The summed E-state index contributed by atoms with van der Waals surface area (Å²) in [5.74, 6) is -1.13. The molecule has 90 valence electrons. The van der Waals surface area contributed by atoms with Crippen LogP contribution in [0.4, 0.5) is 0 Å². The third-order valence-corrected chi connectivity index (χ3v) is 2.61. The van der Waals surface area contributed by atoms with Gasteiger partial charge in [-0.25, -0.2) is 0 Å². The second kappa shape index (κ2) is 6.93. The number of nitrogens with zero attached hydrogens (tertiary/aromatic N) is 1. The molecule has 0 radical (unpaired) electrons. The molecule has 3 nitrogen and oxygen atoms in total. The standard InChI is InChI=1S/C13H14ClNO2/c1-2-17-13(16)11(9-15)6-3-10-4-7-12(14)8-5-10/h4-5,7-8,11H,2-3,6H2,1H3. The Morgan fingerprint density at radius 1 is 1.47 bits per heavy atom. The van der Waals surface area contributed by atoms with Gasteiger partial charge in [-0.15, -0.1) is 0 Å². The Bertz CT molecular complexity index is 408. The SMILES string of the molecule is CCOC(=O)C(C#N)CCc1ccc(Cl)cc1. The van der Waals surface area contributed by atoms with E-state index in [4.69, 9.17) is 21.6 Å². The van der Waals surface area contributed by atoms with Gasteiger partial charge in [-0.2, -0.15) is 5.26 Å². The first-order chi connectivity index (χ1) is 8.17. The molecule has 0 bridgehead atoms. The van der Waals surface area contributed by atoms with Crippen LogP contribution in [0.5, 0.6) is 0 Å². The van der Waals surface area contributed by atoms with E-state index >= 15 is 0 Å². The second-order valence-electron chi connectivity index (χ2n) is 3.60. The monoisotopic (exact) mass is 251 g/mol. The van der Waals surface area contributed by atoms with Crippen molar-refractivity contribution in [1.82, 2.24) is 0 Å². The molecule has 0 fully saturated rings. The molecular formula is C13H14ClNO2. The van der Waals surface area contributed by atoms with E-state index in [1.54, 1.807) is 19.1 Å². The van der Waals surface area contributed by atoms with Crippen LogP contribution in [0.25, 0.3) is 0 Å². The number of ether oxygens (including phenoxy) is 1. The summed E-state index contributed by atoms with van der Waals surface area (Å²) in [6, 6.07) is 9.34. The molecule has 17 heavy (non-hydrogen) atoms. The molecule has 1 atom stereocenters. The van der Waals surface area contributed by atoms with Gasteiger partial charge in [0.1, 0.15) is 5.92 Å². The van der Waals surface area contributed by atoms with Crippen LogP contribution in [0.1, 0.15) is 18.9 Å². The first-order valence-corrected chi connectivity index (χ1v) is 5.86. The third kappa shape index (κ3) is 4.46. The second-order valence-corrected chi connectivity index (χ2v) is 4.04. The molecule has 0 aliphatic rings. The number of nitriles is 1. The van der Waals surface area contributed by atoms with Gasteiger partial charge in [0, 0.05) is 5.02 Å². The zero-order chi connectivity index (χ0) is 12.7. The first kappa shape index (κ1) is 13.5. The van der Waals surface area contributed by atoms with E-state index in [2.05, 4.69) is 0 Å². The Labute approximate surface area is 106 Å². The molecule has 0 amide bonds. The predicted octanol–water partition coefficient (Wildman–Crippen LogP) is 2.98. The highest BCUT2D eigenvalue weighted by molar-refractivity contribution is 6.30. The Balaban J connectivity index is 2.51. The molecule has 4 heteroatoms. The van der Waals surface area contributed by atoms with Gasteiger partial charge in [-0.05, 0) is 37.5 Å². The van der Waals surface area contributed by atoms with Crippen molar-refractivity contribution in [2.24, 2.45) is 5.92 Å². The summed E-state index contributed by atoms with van der Waals surface area (Å²) in [5.41, 5.74) is 1.05. The molecular weight excluding hydrogens is 238 g/mol. The Hall–Kier alpha value is -1.53. The number of esters is 1. The maximum Gasteiger partial charge on any atom is 0.323 e. The van der Waals surface area contributed by atoms with Crippen molar-refractivity contribution in [2.75, 3.05) is 6.61 Å². The minimum absolute atomic E-state index is 0.304. The lowest BCUT2D eigenvalue weighted by atomic mass is 10.0. The van der Waals surface area contributed by atoms with Gasteiger partial charge >= 0.3 is 5.97 Å². The minimum atomic E-state index is -0.689. The zero-order valence-electron chi connectivity index (χ0n) is 9.65. The quantitative estimate of drug-likeness (QED) is 0.756. The van der Waals surface area contributed by atoms with E-state index < -0.39 is 11.9 Å². The average molecular weight is 252 g/mol. The van der Waals surface area contributed by atoms with Gasteiger partial charge in [0.25, 0.3) is 0 Å².